The van der Waals surface area contributed by atoms with E-state index >= 15 is 0 Å². The fraction of sp³-hybridized carbons (Fsp3) is 0.951. The number of esters is 4. The highest BCUT2D eigenvalue weighted by Gasteiger charge is 2.30. The molecule has 2 unspecified atom stereocenters. The van der Waals surface area contributed by atoms with Crippen molar-refractivity contribution in [2.75, 3.05) is 39.6 Å². The summed E-state index contributed by atoms with van der Waals surface area (Å²) >= 11 is 0. The van der Waals surface area contributed by atoms with Gasteiger partial charge in [0, 0.05) is 25.7 Å². The lowest BCUT2D eigenvalue weighted by Gasteiger charge is -2.21. The van der Waals surface area contributed by atoms with Crippen LogP contribution < -0.4 is 0 Å². The Morgan fingerprint density at radius 1 is 0.240 bits per heavy atom. The third kappa shape index (κ3) is 74.3. The third-order valence-electron chi connectivity index (χ3n) is 19.1. The maximum atomic E-state index is 13.1. The van der Waals surface area contributed by atoms with Crippen LogP contribution in [0.15, 0.2) is 0 Å². The van der Waals surface area contributed by atoms with Gasteiger partial charge in [0.2, 0.25) is 0 Å². The summed E-state index contributed by atoms with van der Waals surface area (Å²) in [7, 11) is -9.92. The summed E-state index contributed by atoms with van der Waals surface area (Å²) in [5, 5.41) is 10.6. The quantitative estimate of drug-likeness (QED) is 0.0222. The zero-order chi connectivity index (χ0) is 73.2. The Morgan fingerprint density at radius 3 is 0.590 bits per heavy atom. The number of carbonyl (C=O) groups is 4. The number of aliphatic hydroxyl groups excluding tert-OH is 1. The molecular weight excluding hydrogens is 1310 g/mol. The van der Waals surface area contributed by atoms with Crippen molar-refractivity contribution >= 4 is 39.5 Å². The van der Waals surface area contributed by atoms with Gasteiger partial charge in [-0.15, -0.1) is 0 Å². The van der Waals surface area contributed by atoms with Crippen molar-refractivity contribution in [2.45, 2.75) is 457 Å². The van der Waals surface area contributed by atoms with Crippen molar-refractivity contribution < 1.29 is 80.2 Å². The van der Waals surface area contributed by atoms with Gasteiger partial charge in [0.25, 0.3) is 0 Å². The van der Waals surface area contributed by atoms with Crippen LogP contribution in [-0.2, 0) is 65.4 Å². The lowest BCUT2D eigenvalue weighted by Crippen LogP contribution is -2.30. The highest BCUT2D eigenvalue weighted by Crippen LogP contribution is 2.45. The van der Waals surface area contributed by atoms with Crippen molar-refractivity contribution in [3.63, 3.8) is 0 Å². The number of phosphoric acid groups is 2. The van der Waals surface area contributed by atoms with Crippen LogP contribution in [0.25, 0.3) is 0 Å². The molecular formula is C81H158O17P2. The molecule has 0 aliphatic heterocycles. The van der Waals surface area contributed by atoms with Gasteiger partial charge in [-0.05, 0) is 25.7 Å². The van der Waals surface area contributed by atoms with Crippen LogP contribution in [0.2, 0.25) is 0 Å². The van der Waals surface area contributed by atoms with Crippen molar-refractivity contribution in [3.05, 3.63) is 0 Å². The molecule has 0 aromatic heterocycles. The number of phosphoric ester groups is 2. The molecule has 4 atom stereocenters. The fourth-order valence-electron chi connectivity index (χ4n) is 12.6. The van der Waals surface area contributed by atoms with Crippen LogP contribution >= 0.6 is 15.6 Å². The monoisotopic (exact) mass is 1470 g/mol. The second-order valence-corrected chi connectivity index (χ2v) is 32.1. The largest absolute Gasteiger partial charge is 0.472 e. The van der Waals surface area contributed by atoms with Crippen molar-refractivity contribution in [1.82, 2.24) is 0 Å². The second-order valence-electron chi connectivity index (χ2n) is 29.2. The molecule has 0 radical (unpaired) electrons. The Morgan fingerprint density at radius 2 is 0.400 bits per heavy atom. The molecule has 0 saturated heterocycles. The summed E-state index contributed by atoms with van der Waals surface area (Å²) in [6.45, 7) is 5.04. The maximum Gasteiger partial charge on any atom is 0.472 e. The second kappa shape index (κ2) is 75.3. The van der Waals surface area contributed by atoms with E-state index in [4.69, 9.17) is 37.0 Å². The normalized spacial score (nSPS) is 13.8. The summed E-state index contributed by atoms with van der Waals surface area (Å²) < 4.78 is 68.8. The fourth-order valence-corrected chi connectivity index (χ4v) is 14.2. The van der Waals surface area contributed by atoms with Crippen LogP contribution in [0.5, 0.6) is 0 Å². The van der Waals surface area contributed by atoms with E-state index in [0.717, 1.165) is 89.9 Å². The molecule has 0 heterocycles. The number of aliphatic hydroxyl groups is 1. The van der Waals surface area contributed by atoms with Gasteiger partial charge in [0.05, 0.1) is 26.4 Å². The molecule has 0 saturated carbocycles. The van der Waals surface area contributed by atoms with Gasteiger partial charge in [0.1, 0.15) is 19.3 Å². The lowest BCUT2D eigenvalue weighted by atomic mass is 10.0. The van der Waals surface area contributed by atoms with E-state index in [1.54, 1.807) is 0 Å². The Hall–Kier alpha value is -1.94. The van der Waals surface area contributed by atoms with Gasteiger partial charge >= 0.3 is 39.5 Å². The molecule has 100 heavy (non-hydrogen) atoms. The van der Waals surface area contributed by atoms with E-state index in [2.05, 4.69) is 27.7 Å². The van der Waals surface area contributed by atoms with E-state index in [0.29, 0.717) is 25.7 Å². The average molecular weight is 1470 g/mol. The van der Waals surface area contributed by atoms with Crippen molar-refractivity contribution in [1.29, 1.82) is 0 Å². The van der Waals surface area contributed by atoms with Crippen LogP contribution in [0.1, 0.15) is 439 Å². The van der Waals surface area contributed by atoms with Gasteiger partial charge in [-0.1, -0.05) is 387 Å². The van der Waals surface area contributed by atoms with Gasteiger partial charge in [-0.2, -0.15) is 0 Å². The van der Waals surface area contributed by atoms with Crippen LogP contribution in [0.4, 0.5) is 0 Å². The average Bonchev–Trinajstić information content (AvgIpc) is 0.943. The zero-order valence-electron chi connectivity index (χ0n) is 65.2. The minimum Gasteiger partial charge on any atom is -0.462 e. The van der Waals surface area contributed by atoms with Gasteiger partial charge in [-0.25, -0.2) is 9.13 Å². The molecule has 0 aliphatic rings. The number of unbranched alkanes of at least 4 members (excludes halogenated alkanes) is 56. The first kappa shape index (κ1) is 98.1. The smallest absolute Gasteiger partial charge is 0.462 e. The summed E-state index contributed by atoms with van der Waals surface area (Å²) in [6, 6.07) is 0. The molecule has 0 aromatic rings. The third-order valence-corrected chi connectivity index (χ3v) is 21.0. The Labute approximate surface area is 613 Å². The number of ether oxygens (including phenoxy) is 4. The highest BCUT2D eigenvalue weighted by atomic mass is 31.2. The standard InChI is InChI=1S/C81H158O17P2/c1-5-9-13-17-21-25-29-33-35-37-39-43-45-49-53-57-61-65-78(83)91-71-76(97-80(85)67-63-59-55-51-47-41-31-27-23-19-15-11-7-3)73-95-99(87,88)93-69-75(82)70-94-100(89,90)96-74-77(98-81(86)68-64-60-56-52-48-42-32-28-24-20-16-12-8-4)72-92-79(84)66-62-58-54-50-46-44-40-38-36-34-30-26-22-18-14-10-6-2/h75-77,82H,5-74H2,1-4H3,(H,87,88)(H,89,90)/t76-,77-/m1/s1. The molecule has 0 bridgehead atoms. The van der Waals surface area contributed by atoms with Gasteiger partial charge in [0.15, 0.2) is 12.2 Å². The predicted molar refractivity (Wildman–Crippen MR) is 409 cm³/mol. The molecule has 594 valence electrons. The molecule has 0 spiro atoms. The molecule has 17 nitrogen and oxygen atoms in total. The van der Waals surface area contributed by atoms with E-state index in [1.165, 1.54) is 270 Å². The summed E-state index contributed by atoms with van der Waals surface area (Å²) in [5.74, 6) is -2.10. The topological polar surface area (TPSA) is 237 Å². The molecule has 0 aliphatic carbocycles. The van der Waals surface area contributed by atoms with E-state index < -0.39 is 97.5 Å². The minimum atomic E-state index is -4.96. The highest BCUT2D eigenvalue weighted by molar-refractivity contribution is 7.47. The Kier molecular flexibility index (Phi) is 73.8. The van der Waals surface area contributed by atoms with E-state index in [-0.39, 0.29) is 25.7 Å². The Balaban J connectivity index is 5.23. The number of rotatable bonds is 82. The first-order chi connectivity index (χ1) is 48.7. The molecule has 0 amide bonds. The van der Waals surface area contributed by atoms with Gasteiger partial charge in [-0.3, -0.25) is 37.3 Å². The SMILES string of the molecule is CCCCCCCCCCCCCCCCCCCC(=O)OC[C@H](COP(=O)(O)OCC(O)COP(=O)(O)OC[C@@H](COC(=O)CCCCCCCCCCCCCCCCCCC)OC(=O)CCCCCCCCCCCCCCC)OC(=O)CCCCCCCCCCCCCCC. The van der Waals surface area contributed by atoms with Crippen LogP contribution in [0.3, 0.4) is 0 Å². The number of carbonyl (C=O) groups excluding carboxylic acids is 4. The molecule has 0 rings (SSSR count). The predicted octanol–water partition coefficient (Wildman–Crippen LogP) is 24.6. The van der Waals surface area contributed by atoms with E-state index in [1.807, 2.05) is 0 Å². The molecule has 0 fully saturated rings. The van der Waals surface area contributed by atoms with Crippen molar-refractivity contribution in [3.8, 4) is 0 Å². The minimum absolute atomic E-state index is 0.109. The first-order valence-corrected chi connectivity index (χ1v) is 45.3. The zero-order valence-corrected chi connectivity index (χ0v) is 67.0. The Bertz CT molecular complexity index is 1760. The number of hydrogen-bond acceptors (Lipinski definition) is 15. The van der Waals surface area contributed by atoms with Gasteiger partial charge < -0.3 is 33.8 Å². The number of hydrogen-bond donors (Lipinski definition) is 3. The summed E-state index contributed by atoms with van der Waals surface area (Å²) in [5.41, 5.74) is 0. The van der Waals surface area contributed by atoms with Crippen LogP contribution in [-0.4, -0.2) is 96.7 Å². The van der Waals surface area contributed by atoms with E-state index in [9.17, 15) is 43.2 Å². The lowest BCUT2D eigenvalue weighted by molar-refractivity contribution is -0.161. The molecule has 19 heteroatoms. The summed E-state index contributed by atoms with van der Waals surface area (Å²) in [6.07, 6.45) is 67.8. The summed E-state index contributed by atoms with van der Waals surface area (Å²) in [4.78, 5) is 73.1. The molecule has 3 N–H and O–H groups in total. The first-order valence-electron chi connectivity index (χ1n) is 42.3. The van der Waals surface area contributed by atoms with Crippen molar-refractivity contribution in [2.24, 2.45) is 0 Å². The van der Waals surface area contributed by atoms with Crippen LogP contribution in [0, 0.1) is 0 Å². The molecule has 0 aromatic carbocycles. The maximum absolute atomic E-state index is 13.1.